The van der Waals surface area contributed by atoms with Crippen LogP contribution in [-0.4, -0.2) is 67.2 Å². The molecule has 0 aromatic heterocycles. The Kier molecular flexibility index (Phi) is 5.60. The van der Waals surface area contributed by atoms with E-state index >= 15 is 0 Å². The van der Waals surface area contributed by atoms with Crippen LogP contribution in [0.15, 0.2) is 0 Å². The summed E-state index contributed by atoms with van der Waals surface area (Å²) in [5, 5.41) is 12.0. The molecule has 6 heteroatoms. The van der Waals surface area contributed by atoms with E-state index in [1.54, 1.807) is 11.8 Å². The van der Waals surface area contributed by atoms with Gasteiger partial charge in [0, 0.05) is 19.6 Å². The Morgan fingerprint density at radius 3 is 2.37 bits per heavy atom. The van der Waals surface area contributed by atoms with Gasteiger partial charge in [-0.25, -0.2) is 4.79 Å². The number of nitrogens with zero attached hydrogens (tertiary/aromatic N) is 2. The summed E-state index contributed by atoms with van der Waals surface area (Å²) >= 11 is 0. The lowest BCUT2D eigenvalue weighted by Crippen LogP contribution is -2.48. The number of carbonyl (C=O) groups excluding carboxylic acids is 1. The molecule has 1 rings (SSSR count). The van der Waals surface area contributed by atoms with Crippen LogP contribution in [0.4, 0.5) is 4.79 Å². The molecule has 1 aliphatic rings. The number of hydrogen-bond acceptors (Lipinski definition) is 3. The van der Waals surface area contributed by atoms with Gasteiger partial charge in [0.25, 0.3) is 0 Å². The second kappa shape index (κ2) is 6.75. The zero-order valence-electron chi connectivity index (χ0n) is 12.1. The third-order valence-electron chi connectivity index (χ3n) is 3.73. The fourth-order valence-electron chi connectivity index (χ4n) is 2.12. The van der Waals surface area contributed by atoms with Crippen molar-refractivity contribution in [2.75, 3.05) is 40.3 Å². The minimum Gasteiger partial charge on any atom is -0.481 e. The van der Waals surface area contributed by atoms with E-state index in [9.17, 15) is 9.59 Å². The number of hydrogen-bond donors (Lipinski definition) is 2. The Morgan fingerprint density at radius 1 is 1.32 bits per heavy atom. The monoisotopic (exact) mass is 271 g/mol. The fourth-order valence-corrected chi connectivity index (χ4v) is 2.12. The summed E-state index contributed by atoms with van der Waals surface area (Å²) in [5.41, 5.74) is -0.679. The lowest BCUT2D eigenvalue weighted by atomic mass is 9.80. The van der Waals surface area contributed by atoms with Crippen LogP contribution in [0.2, 0.25) is 0 Å². The second-order valence-corrected chi connectivity index (χ2v) is 5.74. The van der Waals surface area contributed by atoms with Crippen molar-refractivity contribution in [1.82, 2.24) is 15.1 Å². The number of nitrogens with one attached hydrogen (secondary N) is 1. The van der Waals surface area contributed by atoms with Crippen LogP contribution in [-0.2, 0) is 4.79 Å². The molecule has 0 unspecified atom stereocenters. The van der Waals surface area contributed by atoms with E-state index in [0.717, 1.165) is 13.0 Å². The van der Waals surface area contributed by atoms with Crippen LogP contribution in [0.1, 0.15) is 26.2 Å². The summed E-state index contributed by atoms with van der Waals surface area (Å²) in [6.45, 7) is 4.38. The number of urea groups is 1. The first-order chi connectivity index (χ1) is 8.85. The van der Waals surface area contributed by atoms with Crippen molar-refractivity contribution in [1.29, 1.82) is 0 Å². The Bertz CT molecular complexity index is 323. The maximum Gasteiger partial charge on any atom is 0.317 e. The predicted molar refractivity (Wildman–Crippen MR) is 73.1 cm³/mol. The first-order valence-electron chi connectivity index (χ1n) is 6.76. The van der Waals surface area contributed by atoms with Crippen LogP contribution >= 0.6 is 0 Å². The van der Waals surface area contributed by atoms with Gasteiger partial charge in [-0.05, 0) is 46.8 Å². The maximum atomic E-state index is 11.9. The van der Waals surface area contributed by atoms with Gasteiger partial charge in [0.05, 0.1) is 5.41 Å². The van der Waals surface area contributed by atoms with Gasteiger partial charge in [-0.2, -0.15) is 0 Å². The molecule has 1 fully saturated rings. The average Bonchev–Trinajstić information content (AvgIpc) is 2.35. The summed E-state index contributed by atoms with van der Waals surface area (Å²) < 4.78 is 0. The highest BCUT2D eigenvalue weighted by Crippen LogP contribution is 2.30. The van der Waals surface area contributed by atoms with Gasteiger partial charge < -0.3 is 20.2 Å². The number of aliphatic carboxylic acids is 1. The van der Waals surface area contributed by atoms with Gasteiger partial charge in [-0.15, -0.1) is 0 Å². The molecule has 0 bridgehead atoms. The Balaban J connectivity index is 2.27. The number of likely N-dealkylation sites (tertiary alicyclic amines) is 1. The summed E-state index contributed by atoms with van der Waals surface area (Å²) in [6.07, 6.45) is 1.96. The molecule has 19 heavy (non-hydrogen) atoms. The van der Waals surface area contributed by atoms with E-state index in [-0.39, 0.29) is 6.03 Å². The van der Waals surface area contributed by atoms with E-state index in [1.165, 1.54) is 0 Å². The van der Waals surface area contributed by atoms with Crippen molar-refractivity contribution in [3.05, 3.63) is 0 Å². The van der Waals surface area contributed by atoms with Crippen LogP contribution in [0, 0.1) is 5.41 Å². The molecule has 0 radical (unpaired) electrons. The van der Waals surface area contributed by atoms with Gasteiger partial charge >= 0.3 is 12.0 Å². The molecule has 0 saturated carbocycles. The first-order valence-corrected chi connectivity index (χ1v) is 6.76. The maximum absolute atomic E-state index is 11.9. The van der Waals surface area contributed by atoms with Crippen LogP contribution in [0.3, 0.4) is 0 Å². The molecular weight excluding hydrogens is 246 g/mol. The highest BCUT2D eigenvalue weighted by Gasteiger charge is 2.37. The number of carboxylic acids is 1. The Labute approximate surface area is 114 Å². The van der Waals surface area contributed by atoms with Crippen LogP contribution in [0.5, 0.6) is 0 Å². The normalized spacial score (nSPS) is 18.4. The number of amides is 2. The summed E-state index contributed by atoms with van der Waals surface area (Å²) in [6, 6.07) is -0.0776. The van der Waals surface area contributed by atoms with Crippen molar-refractivity contribution in [2.24, 2.45) is 5.41 Å². The molecule has 1 heterocycles. The third-order valence-corrected chi connectivity index (χ3v) is 3.73. The predicted octanol–water partition coefficient (Wildman–Crippen LogP) is 0.834. The highest BCUT2D eigenvalue weighted by atomic mass is 16.4. The van der Waals surface area contributed by atoms with Crippen LogP contribution < -0.4 is 5.32 Å². The minimum absolute atomic E-state index is 0.0776. The first kappa shape index (κ1) is 15.8. The van der Waals surface area contributed by atoms with Gasteiger partial charge in [-0.3, -0.25) is 4.79 Å². The molecule has 2 amide bonds. The molecule has 0 spiro atoms. The van der Waals surface area contributed by atoms with Crippen molar-refractivity contribution in [3.8, 4) is 0 Å². The smallest absolute Gasteiger partial charge is 0.317 e. The molecule has 0 aliphatic carbocycles. The van der Waals surface area contributed by atoms with Gasteiger partial charge in [0.15, 0.2) is 0 Å². The lowest BCUT2D eigenvalue weighted by Gasteiger charge is -2.36. The van der Waals surface area contributed by atoms with E-state index in [2.05, 4.69) is 10.2 Å². The second-order valence-electron chi connectivity index (χ2n) is 5.74. The lowest BCUT2D eigenvalue weighted by molar-refractivity contribution is -0.150. The Morgan fingerprint density at radius 2 is 1.89 bits per heavy atom. The van der Waals surface area contributed by atoms with E-state index in [4.69, 9.17) is 5.11 Å². The van der Waals surface area contributed by atoms with Gasteiger partial charge in [-0.1, -0.05) is 0 Å². The van der Waals surface area contributed by atoms with Crippen molar-refractivity contribution in [3.63, 3.8) is 0 Å². The van der Waals surface area contributed by atoms with E-state index in [1.807, 2.05) is 14.1 Å². The standard InChI is InChI=1S/C13H25N3O3/c1-13(11(17)18)5-9-16(10-6-13)12(19)14-7-4-8-15(2)3/h4-10H2,1-3H3,(H,14,19)(H,17,18). The number of piperidine rings is 1. The molecule has 0 aromatic rings. The minimum atomic E-state index is -0.765. The molecule has 2 N–H and O–H groups in total. The zero-order valence-corrected chi connectivity index (χ0v) is 12.1. The average molecular weight is 271 g/mol. The molecule has 0 aromatic carbocycles. The summed E-state index contributed by atoms with van der Waals surface area (Å²) in [7, 11) is 4.00. The third kappa shape index (κ3) is 4.70. The molecule has 110 valence electrons. The molecule has 6 nitrogen and oxygen atoms in total. The fraction of sp³-hybridized carbons (Fsp3) is 0.846. The topological polar surface area (TPSA) is 72.9 Å². The SMILES string of the molecule is CN(C)CCCNC(=O)N1CCC(C)(C(=O)O)CC1. The van der Waals surface area contributed by atoms with E-state index in [0.29, 0.717) is 32.5 Å². The quantitative estimate of drug-likeness (QED) is 0.727. The molecular formula is C13H25N3O3. The van der Waals surface area contributed by atoms with E-state index < -0.39 is 11.4 Å². The zero-order chi connectivity index (χ0) is 14.5. The Hall–Kier alpha value is -1.30. The van der Waals surface area contributed by atoms with Crippen LogP contribution in [0.25, 0.3) is 0 Å². The van der Waals surface area contributed by atoms with Crippen molar-refractivity contribution in [2.45, 2.75) is 26.2 Å². The van der Waals surface area contributed by atoms with Crippen molar-refractivity contribution < 1.29 is 14.7 Å². The number of rotatable bonds is 5. The molecule has 1 aliphatic heterocycles. The van der Waals surface area contributed by atoms with Gasteiger partial charge in [0.1, 0.15) is 0 Å². The summed E-state index contributed by atoms with van der Waals surface area (Å²) in [4.78, 5) is 26.8. The largest absolute Gasteiger partial charge is 0.481 e. The molecule has 1 saturated heterocycles. The highest BCUT2D eigenvalue weighted by molar-refractivity contribution is 5.76. The van der Waals surface area contributed by atoms with Gasteiger partial charge in [0.2, 0.25) is 0 Å². The number of carboxylic acid groups (broad SMARTS) is 1. The summed E-state index contributed by atoms with van der Waals surface area (Å²) in [5.74, 6) is -0.765. The van der Waals surface area contributed by atoms with Crippen molar-refractivity contribution >= 4 is 12.0 Å². The molecule has 0 atom stereocenters. The number of carbonyl (C=O) groups is 2.